The molecule has 1 rings (SSSR count). The molecule has 0 aliphatic rings. The van der Waals surface area contributed by atoms with Crippen LogP contribution in [0.2, 0.25) is 0 Å². The highest BCUT2D eigenvalue weighted by molar-refractivity contribution is 5.88. The lowest BCUT2D eigenvalue weighted by molar-refractivity contribution is -0.0117. The molecule has 8 nitrogen and oxygen atoms in total. The summed E-state index contributed by atoms with van der Waals surface area (Å²) < 4.78 is 30.7. The molecular weight excluding hydrogens is 308 g/mol. The van der Waals surface area contributed by atoms with Crippen molar-refractivity contribution in [2.45, 2.75) is 0 Å². The van der Waals surface area contributed by atoms with Gasteiger partial charge in [0.05, 0.1) is 32.0 Å². The van der Waals surface area contributed by atoms with Crippen molar-refractivity contribution < 1.29 is 38.3 Å². The number of hydrogen-bond donors (Lipinski definition) is 1. The first-order valence-corrected chi connectivity index (χ1v) is 6.94. The fourth-order valence-corrected chi connectivity index (χ4v) is 1.48. The summed E-state index contributed by atoms with van der Waals surface area (Å²) in [5.41, 5.74) is 0.0475. The van der Waals surface area contributed by atoms with Crippen LogP contribution in [0.25, 0.3) is 0 Å². The predicted molar refractivity (Wildman–Crippen MR) is 80.0 cm³/mol. The zero-order valence-corrected chi connectivity index (χ0v) is 13.3. The first-order chi connectivity index (χ1) is 11.2. The predicted octanol–water partition coefficient (Wildman–Crippen LogP) is 1.38. The Labute approximate surface area is 134 Å². The molecule has 0 fully saturated rings. The van der Waals surface area contributed by atoms with Crippen LogP contribution >= 0.6 is 0 Å². The summed E-state index contributed by atoms with van der Waals surface area (Å²) in [5, 5.41) is 9.11. The van der Waals surface area contributed by atoms with Gasteiger partial charge in [-0.1, -0.05) is 0 Å². The lowest BCUT2D eigenvalue weighted by Gasteiger charge is -2.11. The van der Waals surface area contributed by atoms with Crippen molar-refractivity contribution in [1.29, 1.82) is 0 Å². The topological polar surface area (TPSA) is 92.7 Å². The van der Waals surface area contributed by atoms with Crippen molar-refractivity contribution in [3.05, 3.63) is 23.8 Å². The number of carboxylic acid groups (broad SMARTS) is 1. The highest BCUT2D eigenvalue weighted by Crippen LogP contribution is 2.23. The van der Waals surface area contributed by atoms with E-state index in [9.17, 15) is 4.79 Å². The number of aromatic carboxylic acids is 1. The molecule has 0 atom stereocenters. The third kappa shape index (κ3) is 8.36. The summed E-state index contributed by atoms with van der Waals surface area (Å²) >= 11 is 0. The van der Waals surface area contributed by atoms with Gasteiger partial charge in [-0.05, 0) is 12.1 Å². The number of carboxylic acids is 1. The molecule has 0 spiro atoms. The van der Waals surface area contributed by atoms with Crippen LogP contribution in [-0.2, 0) is 18.9 Å². The van der Waals surface area contributed by atoms with Crippen LogP contribution in [0.1, 0.15) is 10.4 Å². The summed E-state index contributed by atoms with van der Waals surface area (Å²) in [6, 6.07) is 4.34. The Morgan fingerprint density at radius 3 is 1.74 bits per heavy atom. The van der Waals surface area contributed by atoms with Crippen LogP contribution in [-0.4, -0.2) is 65.3 Å². The molecule has 0 unspecified atom stereocenters. The smallest absolute Gasteiger partial charge is 0.335 e. The highest BCUT2D eigenvalue weighted by Gasteiger charge is 2.09. The van der Waals surface area contributed by atoms with Crippen molar-refractivity contribution in [3.63, 3.8) is 0 Å². The zero-order valence-electron chi connectivity index (χ0n) is 13.3. The molecule has 1 aromatic rings. The molecule has 1 aromatic carbocycles. The molecular formula is C15H22O8. The molecule has 0 aromatic heterocycles. The fraction of sp³-hybridized carbons (Fsp3) is 0.533. The van der Waals surface area contributed by atoms with E-state index in [1.54, 1.807) is 20.3 Å². The van der Waals surface area contributed by atoms with Crippen LogP contribution in [0.4, 0.5) is 0 Å². The number of ether oxygens (including phenoxy) is 6. The minimum atomic E-state index is -1.08. The van der Waals surface area contributed by atoms with E-state index in [1.165, 1.54) is 12.1 Å². The maximum atomic E-state index is 11.1. The molecule has 0 aliphatic carbocycles. The number of benzene rings is 1. The van der Waals surface area contributed by atoms with Gasteiger partial charge in [-0.2, -0.15) is 0 Å². The van der Waals surface area contributed by atoms with E-state index in [4.69, 9.17) is 33.5 Å². The standard InChI is InChI=1S/C15H22O8/c1-18-3-5-20-10-22-13-7-12(15(16)17)8-14(9-13)23-11-21-6-4-19-2/h7-9H,3-6,10-11H2,1-2H3,(H,16,17). The summed E-state index contributed by atoms with van der Waals surface area (Å²) in [6.07, 6.45) is 0. The quantitative estimate of drug-likeness (QED) is 0.428. The first-order valence-electron chi connectivity index (χ1n) is 6.94. The van der Waals surface area contributed by atoms with E-state index in [1.807, 2.05) is 0 Å². The van der Waals surface area contributed by atoms with Crippen LogP contribution in [0.3, 0.4) is 0 Å². The van der Waals surface area contributed by atoms with Gasteiger partial charge in [-0.25, -0.2) is 4.79 Å². The molecule has 1 N–H and O–H groups in total. The van der Waals surface area contributed by atoms with Crippen molar-refractivity contribution in [2.24, 2.45) is 0 Å². The number of carbonyl (C=O) groups is 1. The van der Waals surface area contributed by atoms with Gasteiger partial charge in [0.1, 0.15) is 11.5 Å². The Morgan fingerprint density at radius 1 is 0.870 bits per heavy atom. The first kappa shape index (κ1) is 19.2. The van der Waals surface area contributed by atoms with Gasteiger partial charge < -0.3 is 33.5 Å². The third-order valence-electron chi connectivity index (χ3n) is 2.61. The summed E-state index contributed by atoms with van der Waals surface area (Å²) in [6.45, 7) is 1.63. The molecule has 23 heavy (non-hydrogen) atoms. The lowest BCUT2D eigenvalue weighted by atomic mass is 10.2. The highest BCUT2D eigenvalue weighted by atomic mass is 16.7. The van der Waals surface area contributed by atoms with E-state index in [0.29, 0.717) is 37.9 Å². The molecule has 0 aliphatic heterocycles. The number of hydrogen-bond acceptors (Lipinski definition) is 7. The van der Waals surface area contributed by atoms with Gasteiger partial charge in [-0.15, -0.1) is 0 Å². The Bertz CT molecular complexity index is 431. The molecule has 0 saturated carbocycles. The van der Waals surface area contributed by atoms with Crippen LogP contribution in [0.15, 0.2) is 18.2 Å². The van der Waals surface area contributed by atoms with Crippen LogP contribution < -0.4 is 9.47 Å². The number of rotatable bonds is 13. The van der Waals surface area contributed by atoms with Gasteiger partial charge in [0, 0.05) is 20.3 Å². The lowest BCUT2D eigenvalue weighted by Crippen LogP contribution is -2.10. The van der Waals surface area contributed by atoms with Gasteiger partial charge in [0.2, 0.25) is 0 Å². The van der Waals surface area contributed by atoms with E-state index in [-0.39, 0.29) is 19.1 Å². The van der Waals surface area contributed by atoms with Gasteiger partial charge in [0.15, 0.2) is 13.6 Å². The van der Waals surface area contributed by atoms with E-state index in [0.717, 1.165) is 0 Å². The molecule has 0 amide bonds. The van der Waals surface area contributed by atoms with E-state index in [2.05, 4.69) is 0 Å². The maximum absolute atomic E-state index is 11.1. The largest absolute Gasteiger partial charge is 0.478 e. The second-order valence-electron chi connectivity index (χ2n) is 4.32. The number of methoxy groups -OCH3 is 2. The summed E-state index contributed by atoms with van der Waals surface area (Å²) in [7, 11) is 3.14. The SMILES string of the molecule is COCCOCOc1cc(OCOCCOC)cc(C(=O)O)c1. The summed E-state index contributed by atoms with van der Waals surface area (Å²) in [4.78, 5) is 11.1. The average Bonchev–Trinajstić information content (AvgIpc) is 2.54. The van der Waals surface area contributed by atoms with Gasteiger partial charge in [-0.3, -0.25) is 0 Å². The molecule has 130 valence electrons. The summed E-state index contributed by atoms with van der Waals surface area (Å²) in [5.74, 6) is -0.427. The van der Waals surface area contributed by atoms with Gasteiger partial charge in [0.25, 0.3) is 0 Å². The van der Waals surface area contributed by atoms with Crippen molar-refractivity contribution >= 4 is 5.97 Å². The van der Waals surface area contributed by atoms with Gasteiger partial charge >= 0.3 is 5.97 Å². The Hall–Kier alpha value is -1.87. The van der Waals surface area contributed by atoms with Crippen LogP contribution in [0, 0.1) is 0 Å². The molecule has 0 bridgehead atoms. The third-order valence-corrected chi connectivity index (χ3v) is 2.61. The Kier molecular flexibility index (Phi) is 9.73. The van der Waals surface area contributed by atoms with Crippen molar-refractivity contribution in [3.8, 4) is 11.5 Å². The fourth-order valence-electron chi connectivity index (χ4n) is 1.48. The zero-order chi connectivity index (χ0) is 16.9. The molecule has 0 heterocycles. The maximum Gasteiger partial charge on any atom is 0.335 e. The van der Waals surface area contributed by atoms with E-state index >= 15 is 0 Å². The Morgan fingerprint density at radius 2 is 1.35 bits per heavy atom. The molecule has 8 heteroatoms. The second-order valence-corrected chi connectivity index (χ2v) is 4.32. The van der Waals surface area contributed by atoms with Crippen LogP contribution in [0.5, 0.6) is 11.5 Å². The van der Waals surface area contributed by atoms with E-state index < -0.39 is 5.97 Å². The Balaban J connectivity index is 2.54. The minimum Gasteiger partial charge on any atom is -0.478 e. The minimum absolute atomic E-state index is 0.0176. The normalized spacial score (nSPS) is 10.5. The van der Waals surface area contributed by atoms with Crippen molar-refractivity contribution in [2.75, 3.05) is 54.2 Å². The monoisotopic (exact) mass is 330 g/mol. The molecule has 0 saturated heterocycles. The second kappa shape index (κ2) is 11.7. The van der Waals surface area contributed by atoms with Crippen molar-refractivity contribution in [1.82, 2.24) is 0 Å². The molecule has 0 radical (unpaired) electrons. The average molecular weight is 330 g/mol.